The molecule has 0 fully saturated rings. The first-order chi connectivity index (χ1) is 13.5. The molecular formula is C20H25N3O5. The molecule has 0 saturated carbocycles. The second-order valence-electron chi connectivity index (χ2n) is 5.90. The Morgan fingerprint density at radius 3 is 1.93 bits per heavy atom. The van der Waals surface area contributed by atoms with E-state index in [1.54, 1.807) is 51.7 Å². The molecule has 0 aromatic heterocycles. The SMILES string of the molecule is COc1ccc(NCC(=O)NNC(=O)CCc2cc(OC)cc(OC)c2)cc1. The zero-order valence-electron chi connectivity index (χ0n) is 16.2. The van der Waals surface area contributed by atoms with Gasteiger partial charge < -0.3 is 19.5 Å². The molecule has 8 nitrogen and oxygen atoms in total. The number of ether oxygens (including phenoxy) is 3. The van der Waals surface area contributed by atoms with E-state index in [0.717, 1.165) is 17.0 Å². The van der Waals surface area contributed by atoms with E-state index in [9.17, 15) is 9.59 Å². The van der Waals surface area contributed by atoms with Crippen molar-refractivity contribution in [1.82, 2.24) is 10.9 Å². The predicted molar refractivity (Wildman–Crippen MR) is 106 cm³/mol. The first-order valence-corrected chi connectivity index (χ1v) is 8.71. The predicted octanol–water partition coefficient (Wildman–Crippen LogP) is 1.90. The van der Waals surface area contributed by atoms with E-state index in [2.05, 4.69) is 16.2 Å². The molecule has 28 heavy (non-hydrogen) atoms. The summed E-state index contributed by atoms with van der Waals surface area (Å²) in [5.74, 6) is 1.41. The van der Waals surface area contributed by atoms with E-state index in [-0.39, 0.29) is 24.8 Å². The van der Waals surface area contributed by atoms with Gasteiger partial charge in [-0.05, 0) is 48.4 Å². The number of rotatable bonds is 9. The summed E-state index contributed by atoms with van der Waals surface area (Å²) in [6, 6.07) is 12.6. The van der Waals surface area contributed by atoms with Crippen LogP contribution in [0.3, 0.4) is 0 Å². The number of anilines is 1. The Morgan fingerprint density at radius 2 is 1.36 bits per heavy atom. The van der Waals surface area contributed by atoms with E-state index in [4.69, 9.17) is 14.2 Å². The van der Waals surface area contributed by atoms with Crippen molar-refractivity contribution in [2.75, 3.05) is 33.2 Å². The number of hydrogen-bond acceptors (Lipinski definition) is 6. The van der Waals surface area contributed by atoms with Crippen LogP contribution in [-0.2, 0) is 16.0 Å². The van der Waals surface area contributed by atoms with Crippen molar-refractivity contribution in [2.24, 2.45) is 0 Å². The fourth-order valence-electron chi connectivity index (χ4n) is 2.41. The normalized spacial score (nSPS) is 9.96. The lowest BCUT2D eigenvalue weighted by Gasteiger charge is -2.10. The van der Waals surface area contributed by atoms with Gasteiger partial charge in [-0.3, -0.25) is 20.4 Å². The second-order valence-corrected chi connectivity index (χ2v) is 5.90. The molecule has 0 spiro atoms. The molecule has 0 saturated heterocycles. The quantitative estimate of drug-likeness (QED) is 0.569. The van der Waals surface area contributed by atoms with Gasteiger partial charge in [0.2, 0.25) is 5.91 Å². The van der Waals surface area contributed by atoms with Gasteiger partial charge in [0, 0.05) is 18.2 Å². The van der Waals surface area contributed by atoms with Crippen molar-refractivity contribution in [3.63, 3.8) is 0 Å². The third-order valence-electron chi connectivity index (χ3n) is 3.94. The molecule has 0 aliphatic carbocycles. The first-order valence-electron chi connectivity index (χ1n) is 8.71. The molecule has 0 aliphatic rings. The lowest BCUT2D eigenvalue weighted by molar-refractivity contribution is -0.128. The minimum absolute atomic E-state index is 0.0275. The molecule has 0 radical (unpaired) electrons. The number of hydrogen-bond donors (Lipinski definition) is 3. The van der Waals surface area contributed by atoms with Gasteiger partial charge in [-0.1, -0.05) is 0 Å². The summed E-state index contributed by atoms with van der Waals surface area (Å²) in [6.45, 7) is 0.0275. The fraction of sp³-hybridized carbons (Fsp3) is 0.300. The highest BCUT2D eigenvalue weighted by atomic mass is 16.5. The number of amides is 2. The van der Waals surface area contributed by atoms with E-state index in [1.807, 2.05) is 12.1 Å². The number of carbonyl (C=O) groups excluding carboxylic acids is 2. The van der Waals surface area contributed by atoms with Crippen molar-refractivity contribution >= 4 is 17.5 Å². The second kappa shape index (κ2) is 10.7. The van der Waals surface area contributed by atoms with Gasteiger partial charge in [0.05, 0.1) is 27.9 Å². The van der Waals surface area contributed by atoms with Gasteiger partial charge in [0.1, 0.15) is 17.2 Å². The van der Waals surface area contributed by atoms with Crippen molar-refractivity contribution in [1.29, 1.82) is 0 Å². The third kappa shape index (κ3) is 6.71. The molecule has 0 atom stereocenters. The molecular weight excluding hydrogens is 362 g/mol. The molecule has 150 valence electrons. The number of nitrogens with one attached hydrogen (secondary N) is 3. The Balaban J connectivity index is 1.72. The summed E-state index contributed by atoms with van der Waals surface area (Å²) in [5, 5.41) is 2.96. The van der Waals surface area contributed by atoms with Crippen LogP contribution in [0.1, 0.15) is 12.0 Å². The van der Waals surface area contributed by atoms with E-state index < -0.39 is 0 Å². The van der Waals surface area contributed by atoms with Gasteiger partial charge in [-0.25, -0.2) is 0 Å². The summed E-state index contributed by atoms with van der Waals surface area (Å²) in [6.07, 6.45) is 0.696. The Bertz CT molecular complexity index is 771. The van der Waals surface area contributed by atoms with Gasteiger partial charge in [-0.15, -0.1) is 0 Å². The van der Waals surface area contributed by atoms with Crippen LogP contribution >= 0.6 is 0 Å². The van der Waals surface area contributed by atoms with Crippen molar-refractivity contribution in [3.8, 4) is 17.2 Å². The lowest BCUT2D eigenvalue weighted by atomic mass is 10.1. The van der Waals surface area contributed by atoms with Crippen LogP contribution in [0.4, 0.5) is 5.69 Å². The van der Waals surface area contributed by atoms with Crippen LogP contribution in [0.15, 0.2) is 42.5 Å². The monoisotopic (exact) mass is 387 g/mol. The smallest absolute Gasteiger partial charge is 0.257 e. The molecule has 0 aliphatic heterocycles. The first kappa shape index (κ1) is 20.9. The van der Waals surface area contributed by atoms with Crippen molar-refractivity contribution in [3.05, 3.63) is 48.0 Å². The standard InChI is InChI=1S/C20H25N3O5/c1-26-16-7-5-15(6-8-16)21-13-20(25)23-22-19(24)9-4-14-10-17(27-2)12-18(11-14)28-3/h5-8,10-12,21H,4,9,13H2,1-3H3,(H,22,24)(H,23,25). The average molecular weight is 387 g/mol. The zero-order chi connectivity index (χ0) is 20.4. The third-order valence-corrected chi connectivity index (χ3v) is 3.94. The number of carbonyl (C=O) groups is 2. The average Bonchev–Trinajstić information content (AvgIpc) is 2.74. The molecule has 2 amide bonds. The summed E-state index contributed by atoms with van der Waals surface area (Å²) in [4.78, 5) is 23.8. The summed E-state index contributed by atoms with van der Waals surface area (Å²) in [5.41, 5.74) is 6.46. The Hall–Kier alpha value is -3.42. The van der Waals surface area contributed by atoms with E-state index >= 15 is 0 Å². The summed E-state index contributed by atoms with van der Waals surface area (Å²) >= 11 is 0. The highest BCUT2D eigenvalue weighted by Crippen LogP contribution is 2.23. The van der Waals surface area contributed by atoms with Gasteiger partial charge in [-0.2, -0.15) is 0 Å². The van der Waals surface area contributed by atoms with Crippen LogP contribution in [0.5, 0.6) is 17.2 Å². The Morgan fingerprint density at radius 1 is 0.786 bits per heavy atom. The summed E-state index contributed by atoms with van der Waals surface area (Å²) < 4.78 is 15.5. The highest BCUT2D eigenvalue weighted by molar-refractivity contribution is 5.84. The maximum atomic E-state index is 12.0. The molecule has 8 heteroatoms. The minimum atomic E-state index is -0.354. The minimum Gasteiger partial charge on any atom is -0.497 e. The topological polar surface area (TPSA) is 97.9 Å². The Labute approximate surface area is 164 Å². The summed E-state index contributed by atoms with van der Waals surface area (Å²) in [7, 11) is 4.73. The number of methoxy groups -OCH3 is 3. The van der Waals surface area contributed by atoms with E-state index in [1.165, 1.54) is 0 Å². The van der Waals surface area contributed by atoms with Crippen molar-refractivity contribution in [2.45, 2.75) is 12.8 Å². The fourth-order valence-corrected chi connectivity index (χ4v) is 2.41. The molecule has 2 aromatic rings. The largest absolute Gasteiger partial charge is 0.497 e. The van der Waals surface area contributed by atoms with Gasteiger partial charge >= 0.3 is 0 Å². The van der Waals surface area contributed by atoms with Gasteiger partial charge in [0.25, 0.3) is 5.91 Å². The molecule has 2 aromatic carbocycles. The molecule has 0 unspecified atom stereocenters. The Kier molecular flexibility index (Phi) is 7.95. The van der Waals surface area contributed by atoms with Gasteiger partial charge in [0.15, 0.2) is 0 Å². The zero-order valence-corrected chi connectivity index (χ0v) is 16.2. The van der Waals surface area contributed by atoms with E-state index in [0.29, 0.717) is 17.9 Å². The number of aryl methyl sites for hydroxylation is 1. The molecule has 2 rings (SSSR count). The maximum Gasteiger partial charge on any atom is 0.257 e. The molecule has 0 heterocycles. The van der Waals surface area contributed by atoms with Crippen molar-refractivity contribution < 1.29 is 23.8 Å². The lowest BCUT2D eigenvalue weighted by Crippen LogP contribution is -2.44. The molecule has 0 bridgehead atoms. The van der Waals surface area contributed by atoms with Crippen LogP contribution < -0.4 is 30.4 Å². The number of benzene rings is 2. The maximum absolute atomic E-state index is 12.0. The highest BCUT2D eigenvalue weighted by Gasteiger charge is 2.07. The van der Waals surface area contributed by atoms with Crippen LogP contribution in [0.2, 0.25) is 0 Å². The molecule has 3 N–H and O–H groups in total. The van der Waals surface area contributed by atoms with Crippen LogP contribution in [0, 0.1) is 0 Å². The van der Waals surface area contributed by atoms with Crippen LogP contribution in [0.25, 0.3) is 0 Å². The number of hydrazine groups is 1. The van der Waals surface area contributed by atoms with Crippen LogP contribution in [-0.4, -0.2) is 39.7 Å².